The molecular weight excluding hydrogens is 494 g/mol. The number of hydrogen-bond donors (Lipinski definition) is 0. The summed E-state index contributed by atoms with van der Waals surface area (Å²) >= 11 is 0. The van der Waals surface area contributed by atoms with Gasteiger partial charge in [0.25, 0.3) is 4.58 Å². The SMILES string of the molecule is C[S+]1CC[S+](C)C1c1ccccc1.O=S(=O)([O-])C(F)(F)F.O=S(=O)([O-])C(F)(F)F. The lowest BCUT2D eigenvalue weighted by atomic mass is 10.2. The Hall–Kier alpha value is -0.680. The molecule has 16 heteroatoms. The van der Waals surface area contributed by atoms with Crippen LogP contribution in [0.1, 0.15) is 10.1 Å². The van der Waals surface area contributed by atoms with Crippen LogP contribution in [0.25, 0.3) is 0 Å². The molecule has 2 unspecified atom stereocenters. The Morgan fingerprint density at radius 1 is 0.793 bits per heavy atom. The van der Waals surface area contributed by atoms with Crippen LogP contribution < -0.4 is 0 Å². The third-order valence-electron chi connectivity index (χ3n) is 3.10. The second kappa shape index (κ2) is 10.6. The fourth-order valence-corrected chi connectivity index (χ4v) is 8.43. The zero-order valence-electron chi connectivity index (χ0n) is 14.7. The highest BCUT2D eigenvalue weighted by Crippen LogP contribution is 2.35. The summed E-state index contributed by atoms with van der Waals surface area (Å²) in [6.07, 6.45) is 4.85. The lowest BCUT2D eigenvalue weighted by Gasteiger charge is -2.08. The quantitative estimate of drug-likeness (QED) is 0.248. The van der Waals surface area contributed by atoms with Gasteiger partial charge < -0.3 is 9.11 Å². The van der Waals surface area contributed by atoms with E-state index in [1.54, 1.807) is 5.56 Å². The maximum atomic E-state index is 10.7. The molecule has 1 fully saturated rings. The van der Waals surface area contributed by atoms with Crippen LogP contribution in [-0.2, 0) is 42.0 Å². The lowest BCUT2D eigenvalue weighted by molar-refractivity contribution is -0.0522. The minimum Gasteiger partial charge on any atom is -0.741 e. The van der Waals surface area contributed by atoms with Crippen molar-refractivity contribution in [3.63, 3.8) is 0 Å². The Morgan fingerprint density at radius 3 is 1.31 bits per heavy atom. The largest absolute Gasteiger partial charge is 0.741 e. The molecule has 0 N–H and O–H groups in total. The van der Waals surface area contributed by atoms with Crippen LogP contribution in [0.5, 0.6) is 0 Å². The molecular formula is C13H16F6O6S4. The van der Waals surface area contributed by atoms with E-state index in [9.17, 15) is 26.3 Å². The smallest absolute Gasteiger partial charge is 0.485 e. The number of halogens is 6. The fourth-order valence-electron chi connectivity index (χ4n) is 1.83. The van der Waals surface area contributed by atoms with E-state index in [4.69, 9.17) is 25.9 Å². The third kappa shape index (κ3) is 9.78. The van der Waals surface area contributed by atoms with Gasteiger partial charge in [0.2, 0.25) is 0 Å². The van der Waals surface area contributed by atoms with Gasteiger partial charge in [0.15, 0.2) is 31.7 Å². The van der Waals surface area contributed by atoms with E-state index in [-0.39, 0.29) is 0 Å². The normalized spacial score (nSPS) is 22.8. The summed E-state index contributed by atoms with van der Waals surface area (Å²) in [7, 11) is -10.9. The van der Waals surface area contributed by atoms with E-state index in [2.05, 4.69) is 42.8 Å². The molecule has 1 aliphatic rings. The fraction of sp³-hybridized carbons (Fsp3) is 0.538. The first-order chi connectivity index (χ1) is 12.8. The second-order valence-electron chi connectivity index (χ2n) is 5.33. The molecule has 0 aliphatic carbocycles. The second-order valence-corrected chi connectivity index (χ2v) is 12.9. The van der Waals surface area contributed by atoms with Crippen LogP contribution in [0, 0.1) is 0 Å². The van der Waals surface area contributed by atoms with Gasteiger partial charge in [0, 0.05) is 21.8 Å². The summed E-state index contributed by atoms with van der Waals surface area (Å²) in [5.74, 6) is 2.89. The zero-order chi connectivity index (χ0) is 23.3. The van der Waals surface area contributed by atoms with Crippen molar-refractivity contribution in [2.24, 2.45) is 0 Å². The molecule has 1 heterocycles. The van der Waals surface area contributed by atoms with Gasteiger partial charge in [-0.3, -0.25) is 0 Å². The molecule has 6 nitrogen and oxygen atoms in total. The standard InChI is InChI=1S/C11H16S2.2CHF3O3S/c1-12-8-9-13(2)11(12)10-6-4-3-5-7-10;2*2-1(3,4)8(5,6)7/h3-7,11H,8-9H2,1-2H3;2*(H,5,6,7)/q+2;;/p-2. The Kier molecular flexibility index (Phi) is 10.3. The zero-order valence-corrected chi connectivity index (χ0v) is 18.0. The number of hydrogen-bond acceptors (Lipinski definition) is 6. The van der Waals surface area contributed by atoms with E-state index in [1.807, 2.05) is 0 Å². The van der Waals surface area contributed by atoms with Crippen LogP contribution in [0.3, 0.4) is 0 Å². The van der Waals surface area contributed by atoms with Gasteiger partial charge in [0.05, 0.1) is 5.56 Å². The molecule has 0 radical (unpaired) electrons. The van der Waals surface area contributed by atoms with E-state index in [1.165, 1.54) is 11.5 Å². The summed E-state index contributed by atoms with van der Waals surface area (Å²) in [6.45, 7) is 0. The van der Waals surface area contributed by atoms with Gasteiger partial charge >= 0.3 is 11.0 Å². The molecule has 29 heavy (non-hydrogen) atoms. The molecule has 0 aromatic heterocycles. The lowest BCUT2D eigenvalue weighted by Crippen LogP contribution is -2.21. The van der Waals surface area contributed by atoms with Crippen molar-refractivity contribution in [3.05, 3.63) is 35.9 Å². The molecule has 0 saturated carbocycles. The van der Waals surface area contributed by atoms with Gasteiger partial charge in [-0.05, 0) is 12.1 Å². The van der Waals surface area contributed by atoms with Crippen molar-refractivity contribution in [1.29, 1.82) is 0 Å². The average Bonchev–Trinajstić information content (AvgIpc) is 2.84. The summed E-state index contributed by atoms with van der Waals surface area (Å²) in [5.41, 5.74) is -9.73. The molecule has 1 aromatic carbocycles. The van der Waals surface area contributed by atoms with Gasteiger partial charge in [-0.1, -0.05) is 18.2 Å². The minimum atomic E-state index is -6.09. The molecule has 0 bridgehead atoms. The maximum Gasteiger partial charge on any atom is 0.485 e. The number of benzene rings is 1. The van der Waals surface area contributed by atoms with Crippen molar-refractivity contribution < 1.29 is 52.3 Å². The summed E-state index contributed by atoms with van der Waals surface area (Å²) in [5, 5.41) is 0. The van der Waals surface area contributed by atoms with Crippen LogP contribution >= 0.6 is 0 Å². The molecule has 2 rings (SSSR count). The summed E-state index contributed by atoms with van der Waals surface area (Å²) in [6, 6.07) is 11.0. The van der Waals surface area contributed by atoms with Crippen molar-refractivity contribution in [2.75, 3.05) is 24.0 Å². The predicted molar refractivity (Wildman–Crippen MR) is 97.0 cm³/mol. The predicted octanol–water partition coefficient (Wildman–Crippen LogP) is 2.30. The van der Waals surface area contributed by atoms with Crippen LogP contribution in [0.2, 0.25) is 0 Å². The van der Waals surface area contributed by atoms with Gasteiger partial charge in [-0.25, -0.2) is 16.8 Å². The van der Waals surface area contributed by atoms with Gasteiger partial charge in [-0.2, -0.15) is 26.3 Å². The van der Waals surface area contributed by atoms with Crippen molar-refractivity contribution in [1.82, 2.24) is 0 Å². The topological polar surface area (TPSA) is 114 Å². The van der Waals surface area contributed by atoms with Crippen LogP contribution in [0.4, 0.5) is 26.3 Å². The van der Waals surface area contributed by atoms with Crippen molar-refractivity contribution in [2.45, 2.75) is 15.6 Å². The number of alkyl halides is 6. The molecule has 1 aliphatic heterocycles. The summed E-state index contributed by atoms with van der Waals surface area (Å²) < 4.78 is 119. The van der Waals surface area contributed by atoms with Crippen LogP contribution in [-0.4, -0.2) is 61.0 Å². The highest BCUT2D eigenvalue weighted by molar-refractivity contribution is 8.15. The Bertz CT molecular complexity index is 787. The first-order valence-corrected chi connectivity index (χ1v) is 13.7. The van der Waals surface area contributed by atoms with Gasteiger partial charge in [-0.15, -0.1) is 0 Å². The molecule has 1 saturated heterocycles. The maximum absolute atomic E-state index is 10.7. The van der Waals surface area contributed by atoms with E-state index >= 15 is 0 Å². The average molecular weight is 511 g/mol. The molecule has 0 spiro atoms. The van der Waals surface area contributed by atoms with Crippen molar-refractivity contribution >= 4 is 42.0 Å². The molecule has 0 amide bonds. The van der Waals surface area contributed by atoms with Gasteiger partial charge in [0.1, 0.15) is 12.5 Å². The van der Waals surface area contributed by atoms with Crippen LogP contribution in [0.15, 0.2) is 30.3 Å². The third-order valence-corrected chi connectivity index (χ3v) is 10.2. The minimum absolute atomic E-state index is 0.621. The first kappa shape index (κ1) is 28.3. The number of rotatable bonds is 1. The Balaban J connectivity index is 0.000000432. The molecule has 1 aromatic rings. The highest BCUT2D eigenvalue weighted by Gasteiger charge is 2.47. The van der Waals surface area contributed by atoms with E-state index in [0.717, 1.165) is 4.58 Å². The van der Waals surface area contributed by atoms with E-state index < -0.39 is 31.3 Å². The summed E-state index contributed by atoms with van der Waals surface area (Å²) in [4.78, 5) is 0. The van der Waals surface area contributed by atoms with Crippen molar-refractivity contribution in [3.8, 4) is 0 Å². The molecule has 2 atom stereocenters. The molecule has 170 valence electrons. The Morgan fingerprint density at radius 2 is 1.07 bits per heavy atom. The monoisotopic (exact) mass is 510 g/mol. The highest BCUT2D eigenvalue weighted by atomic mass is 32.3. The Labute approximate surface area is 169 Å². The van der Waals surface area contributed by atoms with E-state index in [0.29, 0.717) is 21.8 Å². The first-order valence-electron chi connectivity index (χ1n) is 7.11.